The number of hydrogen-bond donors (Lipinski definition) is 2. The van der Waals surface area contributed by atoms with Crippen LogP contribution in [-0.2, 0) is 0 Å². The number of fused-ring (bicyclic) bond motifs is 3. The van der Waals surface area contributed by atoms with Gasteiger partial charge in [-0.3, -0.25) is 4.40 Å². The van der Waals surface area contributed by atoms with Crippen LogP contribution in [0, 0.1) is 6.92 Å². The summed E-state index contributed by atoms with van der Waals surface area (Å²) in [5.74, 6) is 6.85. The van der Waals surface area contributed by atoms with E-state index in [0.29, 0.717) is 5.82 Å². The van der Waals surface area contributed by atoms with Gasteiger partial charge in [-0.25, -0.2) is 5.84 Å². The molecule has 0 atom stereocenters. The molecule has 3 aromatic rings. The summed E-state index contributed by atoms with van der Waals surface area (Å²) in [4.78, 5) is 0. The number of hydrazine groups is 1. The molecule has 0 unspecified atom stereocenters. The lowest BCUT2D eigenvalue weighted by Crippen LogP contribution is -2.12. The lowest BCUT2D eigenvalue weighted by molar-refractivity contribution is 0.896. The molecule has 0 saturated heterocycles. The van der Waals surface area contributed by atoms with Crippen LogP contribution in [0.1, 0.15) is 5.82 Å². The maximum Gasteiger partial charge on any atom is 0.187 e. The monoisotopic (exact) mass is 213 g/mol. The van der Waals surface area contributed by atoms with Gasteiger partial charge in [-0.2, -0.15) is 0 Å². The molecule has 2 heterocycles. The molecule has 0 aliphatic carbocycles. The van der Waals surface area contributed by atoms with Crippen molar-refractivity contribution in [2.24, 2.45) is 5.84 Å². The first-order valence-electron chi connectivity index (χ1n) is 5.01. The Balaban J connectivity index is 2.58. The molecule has 0 bridgehead atoms. The minimum atomic E-state index is 0.585. The Kier molecular flexibility index (Phi) is 1.81. The van der Waals surface area contributed by atoms with Crippen LogP contribution in [0.3, 0.4) is 0 Å². The molecule has 5 nitrogen and oxygen atoms in total. The standard InChI is InChI=1S/C11H11N5/c1-7-14-15-11(13-12)10-6-8-4-2-3-5-9(8)16(7)10/h2-6H,12H2,1H3,(H,13,15). The second-order valence-electron chi connectivity index (χ2n) is 3.66. The highest BCUT2D eigenvalue weighted by molar-refractivity contribution is 5.90. The van der Waals surface area contributed by atoms with E-state index in [1.54, 1.807) is 0 Å². The summed E-state index contributed by atoms with van der Waals surface area (Å²) in [6, 6.07) is 10.2. The summed E-state index contributed by atoms with van der Waals surface area (Å²) < 4.78 is 2.04. The number of benzene rings is 1. The van der Waals surface area contributed by atoms with Gasteiger partial charge in [0.2, 0.25) is 0 Å². The summed E-state index contributed by atoms with van der Waals surface area (Å²) in [6.45, 7) is 1.92. The Labute approximate surface area is 91.9 Å². The largest absolute Gasteiger partial charge is 0.305 e. The molecular weight excluding hydrogens is 202 g/mol. The molecule has 0 amide bonds. The van der Waals surface area contributed by atoms with E-state index in [0.717, 1.165) is 22.2 Å². The maximum atomic E-state index is 5.42. The zero-order chi connectivity index (χ0) is 11.1. The first-order valence-corrected chi connectivity index (χ1v) is 5.01. The average molecular weight is 213 g/mol. The molecule has 0 aliphatic rings. The molecule has 80 valence electrons. The van der Waals surface area contributed by atoms with Gasteiger partial charge in [0.05, 0.1) is 11.0 Å². The molecule has 3 rings (SSSR count). The quantitative estimate of drug-likeness (QED) is 0.474. The zero-order valence-electron chi connectivity index (χ0n) is 8.81. The molecule has 0 aliphatic heterocycles. The van der Waals surface area contributed by atoms with Gasteiger partial charge in [0.15, 0.2) is 5.82 Å². The third-order valence-corrected chi connectivity index (χ3v) is 2.71. The van der Waals surface area contributed by atoms with E-state index >= 15 is 0 Å². The van der Waals surface area contributed by atoms with Crippen molar-refractivity contribution >= 4 is 22.2 Å². The number of nitrogen functional groups attached to an aromatic ring is 1. The van der Waals surface area contributed by atoms with Crippen LogP contribution in [0.5, 0.6) is 0 Å². The number of anilines is 1. The number of para-hydroxylation sites is 1. The molecule has 16 heavy (non-hydrogen) atoms. The van der Waals surface area contributed by atoms with Gasteiger partial charge in [-0.1, -0.05) is 18.2 Å². The highest BCUT2D eigenvalue weighted by Crippen LogP contribution is 2.24. The second kappa shape index (κ2) is 3.18. The van der Waals surface area contributed by atoms with Gasteiger partial charge in [-0.05, 0) is 19.1 Å². The first-order chi connectivity index (χ1) is 7.81. The molecule has 0 saturated carbocycles. The van der Waals surface area contributed by atoms with Gasteiger partial charge in [0, 0.05) is 5.39 Å². The zero-order valence-corrected chi connectivity index (χ0v) is 8.81. The highest BCUT2D eigenvalue weighted by Gasteiger charge is 2.09. The van der Waals surface area contributed by atoms with E-state index in [4.69, 9.17) is 5.84 Å². The van der Waals surface area contributed by atoms with E-state index < -0.39 is 0 Å². The summed E-state index contributed by atoms with van der Waals surface area (Å²) in [5, 5.41) is 9.23. The summed E-state index contributed by atoms with van der Waals surface area (Å²) in [6.07, 6.45) is 0. The number of rotatable bonds is 1. The molecule has 5 heteroatoms. The third kappa shape index (κ3) is 1.09. The van der Waals surface area contributed by atoms with Crippen molar-refractivity contribution in [3.05, 3.63) is 36.2 Å². The van der Waals surface area contributed by atoms with Crippen LogP contribution in [0.4, 0.5) is 5.82 Å². The van der Waals surface area contributed by atoms with Crippen LogP contribution in [-0.4, -0.2) is 14.6 Å². The van der Waals surface area contributed by atoms with Gasteiger partial charge < -0.3 is 5.43 Å². The predicted octanol–water partition coefficient (Wildman–Crippen LogP) is 1.48. The van der Waals surface area contributed by atoms with E-state index in [-0.39, 0.29) is 0 Å². The number of aromatic nitrogens is 3. The third-order valence-electron chi connectivity index (χ3n) is 2.71. The van der Waals surface area contributed by atoms with Gasteiger partial charge in [0.25, 0.3) is 0 Å². The SMILES string of the molecule is Cc1nnc(NN)c2cc3ccccc3n12. The highest BCUT2D eigenvalue weighted by atomic mass is 15.3. The van der Waals surface area contributed by atoms with Crippen LogP contribution in [0.2, 0.25) is 0 Å². The number of nitrogens with one attached hydrogen (secondary N) is 1. The fourth-order valence-electron chi connectivity index (χ4n) is 2.00. The lowest BCUT2D eigenvalue weighted by atomic mass is 10.2. The maximum absolute atomic E-state index is 5.42. The second-order valence-corrected chi connectivity index (χ2v) is 3.66. The Morgan fingerprint density at radius 3 is 2.81 bits per heavy atom. The molecule has 3 N–H and O–H groups in total. The molecule has 0 radical (unpaired) electrons. The Morgan fingerprint density at radius 2 is 2.00 bits per heavy atom. The van der Waals surface area contributed by atoms with Gasteiger partial charge >= 0.3 is 0 Å². The summed E-state index contributed by atoms with van der Waals surface area (Å²) in [7, 11) is 0. The minimum absolute atomic E-state index is 0.585. The van der Waals surface area contributed by atoms with Crippen molar-refractivity contribution in [1.29, 1.82) is 0 Å². The Morgan fingerprint density at radius 1 is 1.19 bits per heavy atom. The normalized spacial score (nSPS) is 11.1. The summed E-state index contributed by atoms with van der Waals surface area (Å²) in [5.41, 5.74) is 4.62. The van der Waals surface area contributed by atoms with Crippen LogP contribution in [0.15, 0.2) is 30.3 Å². The van der Waals surface area contributed by atoms with Crippen molar-refractivity contribution in [3.8, 4) is 0 Å². The van der Waals surface area contributed by atoms with Crippen molar-refractivity contribution < 1.29 is 0 Å². The first kappa shape index (κ1) is 9.11. The van der Waals surface area contributed by atoms with Crippen molar-refractivity contribution in [2.45, 2.75) is 6.92 Å². The molecule has 0 fully saturated rings. The van der Waals surface area contributed by atoms with Crippen LogP contribution >= 0.6 is 0 Å². The van der Waals surface area contributed by atoms with Crippen molar-refractivity contribution in [1.82, 2.24) is 14.6 Å². The molecule has 1 aromatic carbocycles. The number of nitrogens with zero attached hydrogens (tertiary/aromatic N) is 3. The Bertz CT molecular complexity index is 670. The number of aryl methyl sites for hydroxylation is 1. The van der Waals surface area contributed by atoms with E-state index in [1.165, 1.54) is 0 Å². The minimum Gasteiger partial charge on any atom is -0.305 e. The predicted molar refractivity (Wildman–Crippen MR) is 63.0 cm³/mol. The molecule has 2 aromatic heterocycles. The Hall–Kier alpha value is -2.14. The fourth-order valence-corrected chi connectivity index (χ4v) is 2.00. The fraction of sp³-hybridized carbons (Fsp3) is 0.0909. The molecular formula is C11H11N5. The summed E-state index contributed by atoms with van der Waals surface area (Å²) >= 11 is 0. The smallest absolute Gasteiger partial charge is 0.187 e. The van der Waals surface area contributed by atoms with E-state index in [2.05, 4.69) is 27.8 Å². The van der Waals surface area contributed by atoms with E-state index in [1.807, 2.05) is 29.5 Å². The van der Waals surface area contributed by atoms with Crippen molar-refractivity contribution in [2.75, 3.05) is 5.43 Å². The lowest BCUT2D eigenvalue weighted by Gasteiger charge is -2.04. The number of nitrogens with two attached hydrogens (primary N) is 1. The van der Waals surface area contributed by atoms with Gasteiger partial charge in [-0.15, -0.1) is 10.2 Å². The van der Waals surface area contributed by atoms with E-state index in [9.17, 15) is 0 Å². The topological polar surface area (TPSA) is 68.2 Å². The van der Waals surface area contributed by atoms with Gasteiger partial charge in [0.1, 0.15) is 5.82 Å². The number of hydrogen-bond acceptors (Lipinski definition) is 4. The van der Waals surface area contributed by atoms with Crippen LogP contribution < -0.4 is 11.3 Å². The average Bonchev–Trinajstić information content (AvgIpc) is 2.69. The van der Waals surface area contributed by atoms with Crippen molar-refractivity contribution in [3.63, 3.8) is 0 Å². The molecule has 0 spiro atoms. The van der Waals surface area contributed by atoms with Crippen LogP contribution in [0.25, 0.3) is 16.4 Å².